The maximum Gasteiger partial charge on any atom is 0.290 e. The SMILES string of the molecule is C=CN1C=CN(CCCC)C1OC#N. The normalized spacial score (nSPS) is 19.6. The van der Waals surface area contributed by atoms with Crippen molar-refractivity contribution in [3.63, 3.8) is 0 Å². The summed E-state index contributed by atoms with van der Waals surface area (Å²) in [6.45, 7) is 6.67. The number of unbranched alkanes of at least 4 members (excludes halogenated alkanes) is 1. The second-order valence-corrected chi connectivity index (χ2v) is 3.05. The molecule has 4 heteroatoms. The second-order valence-electron chi connectivity index (χ2n) is 3.05. The summed E-state index contributed by atoms with van der Waals surface area (Å²) in [6, 6.07) is 0. The van der Waals surface area contributed by atoms with Crippen LogP contribution in [0.4, 0.5) is 0 Å². The lowest BCUT2D eigenvalue weighted by molar-refractivity contribution is -0.0292. The molecular formula is C10H15N3O. The maximum absolute atomic E-state index is 8.50. The fourth-order valence-electron chi connectivity index (χ4n) is 1.33. The van der Waals surface area contributed by atoms with Crippen LogP contribution in [-0.4, -0.2) is 22.7 Å². The van der Waals surface area contributed by atoms with Crippen molar-refractivity contribution in [3.05, 3.63) is 25.2 Å². The average molecular weight is 193 g/mol. The smallest absolute Gasteiger partial charge is 0.290 e. The van der Waals surface area contributed by atoms with Crippen molar-refractivity contribution in [2.45, 2.75) is 26.1 Å². The number of hydrogen-bond donors (Lipinski definition) is 0. The van der Waals surface area contributed by atoms with Gasteiger partial charge in [-0.25, -0.2) is 0 Å². The molecule has 1 heterocycles. The van der Waals surface area contributed by atoms with Gasteiger partial charge in [-0.15, -0.1) is 0 Å². The molecule has 0 aromatic carbocycles. The monoisotopic (exact) mass is 193 g/mol. The first-order chi connectivity index (χ1) is 6.83. The Kier molecular flexibility index (Phi) is 3.86. The first-order valence-electron chi connectivity index (χ1n) is 4.72. The standard InChI is InChI=1S/C10H15N3O/c1-3-5-6-13-8-7-12(4-2)10(13)14-9-11/h4,7-8,10H,2-3,5-6H2,1H3. The van der Waals surface area contributed by atoms with Gasteiger partial charge in [0, 0.05) is 25.1 Å². The predicted molar refractivity (Wildman–Crippen MR) is 53.3 cm³/mol. The Bertz CT molecular complexity index is 257. The Balaban J connectivity index is 2.54. The zero-order valence-electron chi connectivity index (χ0n) is 8.39. The Morgan fingerprint density at radius 1 is 1.64 bits per heavy atom. The molecule has 1 aliphatic rings. The molecule has 0 saturated carbocycles. The van der Waals surface area contributed by atoms with Gasteiger partial charge in [-0.3, -0.25) is 4.90 Å². The molecule has 0 fully saturated rings. The van der Waals surface area contributed by atoms with Gasteiger partial charge in [0.25, 0.3) is 12.6 Å². The molecule has 4 nitrogen and oxygen atoms in total. The Morgan fingerprint density at radius 3 is 3.00 bits per heavy atom. The zero-order valence-corrected chi connectivity index (χ0v) is 8.39. The van der Waals surface area contributed by atoms with Crippen LogP contribution in [0.15, 0.2) is 25.2 Å². The minimum Gasteiger partial charge on any atom is -0.382 e. The van der Waals surface area contributed by atoms with Crippen LogP contribution in [0, 0.1) is 11.5 Å². The molecule has 76 valence electrons. The van der Waals surface area contributed by atoms with Crippen LogP contribution in [0.5, 0.6) is 0 Å². The Labute approximate surface area is 84.7 Å². The number of nitriles is 1. The molecule has 0 amide bonds. The summed E-state index contributed by atoms with van der Waals surface area (Å²) in [4.78, 5) is 3.74. The van der Waals surface area contributed by atoms with Crippen molar-refractivity contribution in [1.82, 2.24) is 9.80 Å². The summed E-state index contributed by atoms with van der Waals surface area (Å²) in [7, 11) is 0. The van der Waals surface area contributed by atoms with E-state index in [4.69, 9.17) is 10.00 Å². The molecule has 14 heavy (non-hydrogen) atoms. The number of nitrogens with zero attached hydrogens (tertiary/aromatic N) is 3. The van der Waals surface area contributed by atoms with E-state index in [0.717, 1.165) is 19.4 Å². The highest BCUT2D eigenvalue weighted by Gasteiger charge is 2.25. The van der Waals surface area contributed by atoms with Gasteiger partial charge in [-0.05, 0) is 6.42 Å². The second kappa shape index (κ2) is 5.18. The predicted octanol–water partition coefficient (Wildman–Crippen LogP) is 1.80. The van der Waals surface area contributed by atoms with Gasteiger partial charge in [0.15, 0.2) is 0 Å². The van der Waals surface area contributed by atoms with Crippen molar-refractivity contribution in [2.24, 2.45) is 0 Å². The van der Waals surface area contributed by atoms with E-state index in [1.54, 1.807) is 17.4 Å². The Morgan fingerprint density at radius 2 is 2.43 bits per heavy atom. The van der Waals surface area contributed by atoms with Crippen molar-refractivity contribution >= 4 is 0 Å². The van der Waals surface area contributed by atoms with Crippen LogP contribution in [0.1, 0.15) is 19.8 Å². The van der Waals surface area contributed by atoms with E-state index in [9.17, 15) is 0 Å². The quantitative estimate of drug-likeness (QED) is 0.624. The topological polar surface area (TPSA) is 39.5 Å². The van der Waals surface area contributed by atoms with Gasteiger partial charge in [-0.1, -0.05) is 19.9 Å². The fraction of sp³-hybridized carbons (Fsp3) is 0.500. The third-order valence-electron chi connectivity index (χ3n) is 2.11. The number of hydrogen-bond acceptors (Lipinski definition) is 4. The van der Waals surface area contributed by atoms with Crippen LogP contribution in [0.25, 0.3) is 0 Å². The van der Waals surface area contributed by atoms with Crippen LogP contribution in [-0.2, 0) is 4.74 Å². The lowest BCUT2D eigenvalue weighted by Crippen LogP contribution is -2.37. The molecule has 0 N–H and O–H groups in total. The molecule has 0 spiro atoms. The van der Waals surface area contributed by atoms with Gasteiger partial charge in [-0.2, -0.15) is 5.26 Å². The number of rotatable bonds is 5. The van der Waals surface area contributed by atoms with Gasteiger partial charge in [0.2, 0.25) is 0 Å². The van der Waals surface area contributed by atoms with Crippen LogP contribution in [0.2, 0.25) is 0 Å². The largest absolute Gasteiger partial charge is 0.382 e. The first-order valence-corrected chi connectivity index (χ1v) is 4.72. The number of ether oxygens (including phenoxy) is 1. The highest BCUT2D eigenvalue weighted by molar-refractivity contribution is 4.98. The molecule has 0 aromatic heterocycles. The maximum atomic E-state index is 8.50. The highest BCUT2D eigenvalue weighted by Crippen LogP contribution is 2.17. The van der Waals surface area contributed by atoms with Crippen molar-refractivity contribution < 1.29 is 4.74 Å². The molecule has 0 aliphatic carbocycles. The van der Waals surface area contributed by atoms with Crippen LogP contribution >= 0.6 is 0 Å². The first kappa shape index (κ1) is 10.5. The molecule has 1 aliphatic heterocycles. The average Bonchev–Trinajstić information content (AvgIpc) is 2.58. The lowest BCUT2D eigenvalue weighted by Gasteiger charge is -2.27. The van der Waals surface area contributed by atoms with Gasteiger partial charge in [0.1, 0.15) is 0 Å². The van der Waals surface area contributed by atoms with Crippen LogP contribution < -0.4 is 0 Å². The molecule has 0 saturated heterocycles. The summed E-state index contributed by atoms with van der Waals surface area (Å²) in [6.07, 6.45) is 8.98. The van der Waals surface area contributed by atoms with E-state index < -0.39 is 0 Å². The summed E-state index contributed by atoms with van der Waals surface area (Å²) >= 11 is 0. The van der Waals surface area contributed by atoms with E-state index in [1.807, 2.05) is 17.3 Å². The minimum absolute atomic E-state index is 0.343. The van der Waals surface area contributed by atoms with E-state index in [-0.39, 0.29) is 6.35 Å². The summed E-state index contributed by atoms with van der Waals surface area (Å²) < 4.78 is 4.94. The molecule has 0 bridgehead atoms. The molecule has 0 aromatic rings. The van der Waals surface area contributed by atoms with Gasteiger partial charge < -0.3 is 9.64 Å². The van der Waals surface area contributed by atoms with E-state index in [0.29, 0.717) is 0 Å². The van der Waals surface area contributed by atoms with Gasteiger partial charge >= 0.3 is 0 Å². The van der Waals surface area contributed by atoms with Gasteiger partial charge in [0.05, 0.1) is 0 Å². The third kappa shape index (κ3) is 2.19. The van der Waals surface area contributed by atoms with Crippen molar-refractivity contribution in [3.8, 4) is 6.26 Å². The van der Waals surface area contributed by atoms with Crippen molar-refractivity contribution in [1.29, 1.82) is 5.26 Å². The molecular weight excluding hydrogens is 178 g/mol. The van der Waals surface area contributed by atoms with Crippen molar-refractivity contribution in [2.75, 3.05) is 6.54 Å². The minimum atomic E-state index is -0.343. The summed E-state index contributed by atoms with van der Waals surface area (Å²) in [5.41, 5.74) is 0. The molecule has 1 atom stereocenters. The zero-order chi connectivity index (χ0) is 10.4. The van der Waals surface area contributed by atoms with E-state index >= 15 is 0 Å². The fourth-order valence-corrected chi connectivity index (χ4v) is 1.33. The highest BCUT2D eigenvalue weighted by atomic mass is 16.5. The summed E-state index contributed by atoms with van der Waals surface area (Å²) in [5.74, 6) is 0. The van der Waals surface area contributed by atoms with E-state index in [2.05, 4.69) is 13.5 Å². The molecule has 0 radical (unpaired) electrons. The molecule has 1 unspecified atom stereocenters. The third-order valence-corrected chi connectivity index (χ3v) is 2.11. The summed E-state index contributed by atoms with van der Waals surface area (Å²) in [5, 5.41) is 8.50. The molecule has 1 rings (SSSR count). The van der Waals surface area contributed by atoms with E-state index in [1.165, 1.54) is 0 Å². The lowest BCUT2D eigenvalue weighted by atomic mass is 10.3. The Hall–Kier alpha value is -1.63. The van der Waals surface area contributed by atoms with Crippen LogP contribution in [0.3, 0.4) is 0 Å².